The van der Waals surface area contributed by atoms with Crippen molar-refractivity contribution in [2.75, 3.05) is 10.6 Å². The molecule has 124 valence electrons. The fourth-order valence-corrected chi connectivity index (χ4v) is 1.96. The highest BCUT2D eigenvalue weighted by molar-refractivity contribution is 5.83. The second-order valence-corrected chi connectivity index (χ2v) is 6.04. The number of ether oxygens (including phenoxy) is 1. The first-order chi connectivity index (χ1) is 10.9. The Labute approximate surface area is 136 Å². The van der Waals surface area contributed by atoms with Crippen molar-refractivity contribution >= 4 is 17.6 Å². The first-order valence-corrected chi connectivity index (χ1v) is 7.57. The Morgan fingerprint density at radius 2 is 2.09 bits per heavy atom. The second-order valence-electron chi connectivity index (χ2n) is 6.04. The minimum Gasteiger partial charge on any atom is -0.444 e. The number of amides is 1. The molecule has 0 aliphatic carbocycles. The fraction of sp³-hybridized carbons (Fsp3) is 0.438. The molecule has 0 saturated carbocycles. The number of nitrogens with zero attached hydrogens (tertiary/aromatic N) is 3. The van der Waals surface area contributed by atoms with Crippen LogP contribution in [0.5, 0.6) is 0 Å². The van der Waals surface area contributed by atoms with Gasteiger partial charge in [-0.3, -0.25) is 5.32 Å². The summed E-state index contributed by atoms with van der Waals surface area (Å²) < 4.78 is 7.25. The minimum absolute atomic E-state index is 0.444. The molecule has 0 spiro atoms. The van der Waals surface area contributed by atoms with Crippen LogP contribution in [0, 0.1) is 0 Å². The van der Waals surface area contributed by atoms with Gasteiger partial charge in [0.1, 0.15) is 17.2 Å². The van der Waals surface area contributed by atoms with Crippen LogP contribution < -0.4 is 10.6 Å². The van der Waals surface area contributed by atoms with Gasteiger partial charge in [-0.2, -0.15) is 0 Å². The van der Waals surface area contributed by atoms with Gasteiger partial charge in [-0.05, 0) is 39.8 Å². The lowest BCUT2D eigenvalue weighted by molar-refractivity contribution is 0.0635. The van der Waals surface area contributed by atoms with E-state index < -0.39 is 11.7 Å². The number of aromatic nitrogens is 3. The summed E-state index contributed by atoms with van der Waals surface area (Å²) in [6.07, 6.45) is 4.87. The largest absolute Gasteiger partial charge is 0.444 e. The number of hydrogen-bond donors (Lipinski definition) is 2. The molecule has 7 heteroatoms. The fourth-order valence-electron chi connectivity index (χ4n) is 1.96. The van der Waals surface area contributed by atoms with Gasteiger partial charge in [0.15, 0.2) is 0 Å². The molecular formula is C16H23N5O2. The molecule has 0 atom stereocenters. The van der Waals surface area contributed by atoms with Crippen molar-refractivity contribution in [3.63, 3.8) is 0 Å². The third-order valence-corrected chi connectivity index (χ3v) is 2.99. The molecular weight excluding hydrogens is 294 g/mol. The van der Waals surface area contributed by atoms with E-state index >= 15 is 0 Å². The van der Waals surface area contributed by atoms with Crippen LogP contribution in [0.15, 0.2) is 30.7 Å². The van der Waals surface area contributed by atoms with Crippen molar-refractivity contribution in [3.8, 4) is 0 Å². The van der Waals surface area contributed by atoms with Gasteiger partial charge in [-0.15, -0.1) is 0 Å². The Kier molecular flexibility index (Phi) is 5.20. The van der Waals surface area contributed by atoms with E-state index in [9.17, 15) is 4.79 Å². The zero-order valence-corrected chi connectivity index (χ0v) is 14.0. The number of anilines is 2. The summed E-state index contributed by atoms with van der Waals surface area (Å²) in [6, 6.07) is 3.57. The Morgan fingerprint density at radius 1 is 1.30 bits per heavy atom. The lowest BCUT2D eigenvalue weighted by atomic mass is 10.2. The number of pyridine rings is 1. The topological polar surface area (TPSA) is 81.1 Å². The molecule has 0 aliphatic heterocycles. The van der Waals surface area contributed by atoms with Crippen molar-refractivity contribution < 1.29 is 9.53 Å². The van der Waals surface area contributed by atoms with Crippen LogP contribution in [0.3, 0.4) is 0 Å². The van der Waals surface area contributed by atoms with Crippen molar-refractivity contribution in [1.82, 2.24) is 14.5 Å². The zero-order valence-electron chi connectivity index (χ0n) is 14.0. The Balaban J connectivity index is 1.88. The number of nitrogens with one attached hydrogen (secondary N) is 2. The van der Waals surface area contributed by atoms with Crippen molar-refractivity contribution in [3.05, 3.63) is 36.5 Å². The lowest BCUT2D eigenvalue weighted by Crippen LogP contribution is -2.27. The van der Waals surface area contributed by atoms with Crippen LogP contribution in [0.1, 0.15) is 33.5 Å². The monoisotopic (exact) mass is 317 g/mol. The van der Waals surface area contributed by atoms with E-state index in [1.54, 1.807) is 18.5 Å². The Morgan fingerprint density at radius 3 is 2.70 bits per heavy atom. The van der Waals surface area contributed by atoms with Crippen LogP contribution in [0.4, 0.5) is 16.3 Å². The van der Waals surface area contributed by atoms with Crippen LogP contribution in [0.25, 0.3) is 0 Å². The van der Waals surface area contributed by atoms with Gasteiger partial charge >= 0.3 is 6.09 Å². The normalized spacial score (nSPS) is 11.1. The van der Waals surface area contributed by atoms with E-state index in [-0.39, 0.29) is 0 Å². The van der Waals surface area contributed by atoms with E-state index in [4.69, 9.17) is 4.74 Å². The third kappa shape index (κ3) is 5.28. The maximum atomic E-state index is 11.7. The number of carbonyl (C=O) groups excluding carboxylic acids is 1. The summed E-state index contributed by atoms with van der Waals surface area (Å²) in [5, 5.41) is 5.85. The molecule has 0 unspecified atom stereocenters. The molecule has 0 bridgehead atoms. The van der Waals surface area contributed by atoms with Gasteiger partial charge in [0.2, 0.25) is 0 Å². The van der Waals surface area contributed by atoms with Gasteiger partial charge in [-0.25, -0.2) is 14.8 Å². The average Bonchev–Trinajstić information content (AvgIpc) is 2.92. The number of imidazole rings is 1. The van der Waals surface area contributed by atoms with E-state index in [0.717, 1.165) is 18.1 Å². The van der Waals surface area contributed by atoms with Crippen molar-refractivity contribution in [2.24, 2.45) is 0 Å². The summed E-state index contributed by atoms with van der Waals surface area (Å²) in [4.78, 5) is 20.2. The molecule has 2 heterocycles. The minimum atomic E-state index is -0.535. The molecule has 2 aromatic rings. The summed E-state index contributed by atoms with van der Waals surface area (Å²) in [7, 11) is 0. The van der Waals surface area contributed by atoms with Crippen molar-refractivity contribution in [1.29, 1.82) is 0 Å². The van der Waals surface area contributed by atoms with Crippen LogP contribution >= 0.6 is 0 Å². The first kappa shape index (κ1) is 16.8. The number of aryl methyl sites for hydroxylation is 1. The summed E-state index contributed by atoms with van der Waals surface area (Å²) in [6.45, 7) is 9.01. The molecule has 7 nitrogen and oxygen atoms in total. The Bertz CT molecular complexity index is 643. The maximum absolute atomic E-state index is 11.7. The second kappa shape index (κ2) is 7.13. The SMILES string of the molecule is CCn1ccnc1CNc1ccc(NC(=O)OC(C)(C)C)nc1. The zero-order chi connectivity index (χ0) is 16.9. The average molecular weight is 317 g/mol. The van der Waals surface area contributed by atoms with Gasteiger partial charge in [0, 0.05) is 18.9 Å². The molecule has 0 radical (unpaired) electrons. The predicted octanol–water partition coefficient (Wildman–Crippen LogP) is 3.26. The van der Waals surface area contributed by atoms with Crippen LogP contribution in [0.2, 0.25) is 0 Å². The molecule has 0 aliphatic rings. The van der Waals surface area contributed by atoms with Gasteiger partial charge < -0.3 is 14.6 Å². The molecule has 0 saturated heterocycles. The summed E-state index contributed by atoms with van der Waals surface area (Å²) in [5.74, 6) is 1.41. The summed E-state index contributed by atoms with van der Waals surface area (Å²) >= 11 is 0. The number of hydrogen-bond acceptors (Lipinski definition) is 5. The summed E-state index contributed by atoms with van der Waals surface area (Å²) in [5.41, 5.74) is 0.317. The van der Waals surface area contributed by atoms with Gasteiger partial charge in [0.25, 0.3) is 0 Å². The van der Waals surface area contributed by atoms with Crippen molar-refractivity contribution in [2.45, 2.75) is 46.4 Å². The van der Waals surface area contributed by atoms with Crippen LogP contribution in [-0.4, -0.2) is 26.2 Å². The van der Waals surface area contributed by atoms with E-state index in [1.165, 1.54) is 0 Å². The van der Waals surface area contributed by atoms with Gasteiger partial charge in [-0.1, -0.05) is 0 Å². The van der Waals surface area contributed by atoms with E-state index in [1.807, 2.05) is 33.0 Å². The third-order valence-electron chi connectivity index (χ3n) is 2.99. The smallest absolute Gasteiger partial charge is 0.413 e. The van der Waals surface area contributed by atoms with Crippen LogP contribution in [-0.2, 0) is 17.8 Å². The highest BCUT2D eigenvalue weighted by Gasteiger charge is 2.16. The highest BCUT2D eigenvalue weighted by Crippen LogP contribution is 2.13. The van der Waals surface area contributed by atoms with E-state index in [0.29, 0.717) is 12.4 Å². The lowest BCUT2D eigenvalue weighted by Gasteiger charge is -2.19. The standard InChI is InChI=1S/C16H23N5O2/c1-5-21-9-8-17-14(21)11-18-12-6-7-13(19-10-12)20-15(22)23-16(2,3)4/h6-10,18H,5,11H2,1-4H3,(H,19,20,22). The van der Waals surface area contributed by atoms with Gasteiger partial charge in [0.05, 0.1) is 18.4 Å². The molecule has 2 aromatic heterocycles. The number of carbonyl (C=O) groups is 1. The molecule has 2 N–H and O–H groups in total. The highest BCUT2D eigenvalue weighted by atomic mass is 16.6. The maximum Gasteiger partial charge on any atom is 0.413 e. The number of rotatable bonds is 5. The predicted molar refractivity (Wildman–Crippen MR) is 89.3 cm³/mol. The molecule has 0 aromatic carbocycles. The quantitative estimate of drug-likeness (QED) is 0.884. The van der Waals surface area contributed by atoms with E-state index in [2.05, 4.69) is 32.1 Å². The molecule has 0 fully saturated rings. The first-order valence-electron chi connectivity index (χ1n) is 7.57. The molecule has 1 amide bonds. The molecule has 23 heavy (non-hydrogen) atoms. The Hall–Kier alpha value is -2.57. The molecule has 2 rings (SSSR count).